The molecule has 0 aromatic heterocycles. The standard InChI is InChI=1S/C23H19F3N4O2/c24-23(25,26)17-4-3-5-18(12-17)28-19(31)14-30-21(32)20(29-22(30)10-1-2-11-22)16-8-6-15(13-27)7-9-16/h3-9,12H,1-2,10-11,14H2,(H,28,31). The number of aliphatic imine (C=N–C) groups is 1. The zero-order chi connectivity index (χ0) is 22.9. The molecule has 9 heteroatoms. The molecule has 1 fully saturated rings. The van der Waals surface area contributed by atoms with Crippen LogP contribution in [-0.4, -0.2) is 34.6 Å². The van der Waals surface area contributed by atoms with Gasteiger partial charge in [0.2, 0.25) is 5.91 Å². The van der Waals surface area contributed by atoms with E-state index in [4.69, 9.17) is 10.3 Å². The van der Waals surface area contributed by atoms with Crippen molar-refractivity contribution in [1.29, 1.82) is 5.26 Å². The number of nitrogens with one attached hydrogen (secondary N) is 1. The first-order valence-electron chi connectivity index (χ1n) is 10.1. The lowest BCUT2D eigenvalue weighted by Gasteiger charge is -2.32. The summed E-state index contributed by atoms with van der Waals surface area (Å²) in [6, 6.07) is 12.8. The van der Waals surface area contributed by atoms with Crippen molar-refractivity contribution in [2.45, 2.75) is 37.5 Å². The van der Waals surface area contributed by atoms with Crippen LogP contribution in [0.1, 0.15) is 42.4 Å². The van der Waals surface area contributed by atoms with E-state index in [1.54, 1.807) is 24.3 Å². The summed E-state index contributed by atoms with van der Waals surface area (Å²) >= 11 is 0. The largest absolute Gasteiger partial charge is 0.416 e. The molecule has 1 aliphatic carbocycles. The van der Waals surface area contributed by atoms with Crippen LogP contribution < -0.4 is 5.32 Å². The summed E-state index contributed by atoms with van der Waals surface area (Å²) in [7, 11) is 0. The summed E-state index contributed by atoms with van der Waals surface area (Å²) in [6.45, 7) is -0.321. The van der Waals surface area contributed by atoms with Gasteiger partial charge in [-0.2, -0.15) is 18.4 Å². The highest BCUT2D eigenvalue weighted by Crippen LogP contribution is 2.41. The third-order valence-electron chi connectivity index (χ3n) is 5.74. The topological polar surface area (TPSA) is 85.6 Å². The Bertz CT molecular complexity index is 1130. The molecule has 0 saturated heterocycles. The van der Waals surface area contributed by atoms with E-state index in [0.29, 0.717) is 24.0 Å². The van der Waals surface area contributed by atoms with Crippen LogP contribution in [0.3, 0.4) is 0 Å². The summed E-state index contributed by atoms with van der Waals surface area (Å²) in [5.41, 5.74) is -0.459. The van der Waals surface area contributed by atoms with Gasteiger partial charge in [-0.1, -0.05) is 18.2 Å². The zero-order valence-electron chi connectivity index (χ0n) is 16.9. The number of amides is 2. The van der Waals surface area contributed by atoms with Crippen LogP contribution in [0, 0.1) is 11.3 Å². The van der Waals surface area contributed by atoms with Crippen LogP contribution >= 0.6 is 0 Å². The number of benzene rings is 2. The molecule has 4 rings (SSSR count). The number of halogens is 3. The van der Waals surface area contributed by atoms with Gasteiger partial charge in [0.05, 0.1) is 17.2 Å². The maximum atomic E-state index is 13.2. The maximum absolute atomic E-state index is 13.2. The third kappa shape index (κ3) is 4.08. The second-order valence-corrected chi connectivity index (χ2v) is 7.86. The molecule has 2 amide bonds. The molecule has 164 valence electrons. The maximum Gasteiger partial charge on any atom is 0.416 e. The smallest absolute Gasteiger partial charge is 0.325 e. The molecule has 2 aliphatic rings. The molecule has 32 heavy (non-hydrogen) atoms. The van der Waals surface area contributed by atoms with Crippen LogP contribution in [0.5, 0.6) is 0 Å². The van der Waals surface area contributed by atoms with Gasteiger partial charge in [0.25, 0.3) is 5.91 Å². The van der Waals surface area contributed by atoms with E-state index in [1.807, 2.05) is 6.07 Å². The third-order valence-corrected chi connectivity index (χ3v) is 5.74. The molecule has 0 radical (unpaired) electrons. The van der Waals surface area contributed by atoms with E-state index in [2.05, 4.69) is 5.32 Å². The quantitative estimate of drug-likeness (QED) is 0.776. The number of alkyl halides is 3. The van der Waals surface area contributed by atoms with Gasteiger partial charge in [-0.25, -0.2) is 0 Å². The fraction of sp³-hybridized carbons (Fsp3) is 0.304. The van der Waals surface area contributed by atoms with Crippen molar-refractivity contribution in [2.75, 3.05) is 11.9 Å². The highest BCUT2D eigenvalue weighted by Gasteiger charge is 2.49. The molecule has 2 aromatic rings. The minimum Gasteiger partial charge on any atom is -0.325 e. The second-order valence-electron chi connectivity index (χ2n) is 7.86. The normalized spacial score (nSPS) is 17.4. The van der Waals surface area contributed by atoms with Gasteiger partial charge in [-0.15, -0.1) is 0 Å². The SMILES string of the molecule is N#Cc1ccc(C2=NC3(CCCC3)N(CC(=O)Nc3cccc(C(F)(F)F)c3)C2=O)cc1. The fourth-order valence-electron chi connectivity index (χ4n) is 4.18. The predicted molar refractivity (Wildman–Crippen MR) is 111 cm³/mol. The minimum absolute atomic E-state index is 0.00479. The first kappa shape index (κ1) is 21.6. The van der Waals surface area contributed by atoms with Crippen molar-refractivity contribution in [2.24, 2.45) is 4.99 Å². The molecule has 1 aliphatic heterocycles. The van der Waals surface area contributed by atoms with Gasteiger partial charge >= 0.3 is 6.18 Å². The summed E-state index contributed by atoms with van der Waals surface area (Å²) < 4.78 is 38.8. The Kier molecular flexibility index (Phi) is 5.46. The molecule has 0 bridgehead atoms. The molecular weight excluding hydrogens is 421 g/mol. The molecule has 1 N–H and O–H groups in total. The summed E-state index contributed by atoms with van der Waals surface area (Å²) in [6.07, 6.45) is -1.61. The Morgan fingerprint density at radius 2 is 1.84 bits per heavy atom. The van der Waals surface area contributed by atoms with Crippen molar-refractivity contribution < 1.29 is 22.8 Å². The molecule has 1 saturated carbocycles. The van der Waals surface area contributed by atoms with E-state index < -0.39 is 29.2 Å². The first-order valence-corrected chi connectivity index (χ1v) is 10.1. The molecule has 0 atom stereocenters. The van der Waals surface area contributed by atoms with Gasteiger partial charge in [0.15, 0.2) is 0 Å². The summed E-state index contributed by atoms with van der Waals surface area (Å²) in [5.74, 6) is -1.00. The van der Waals surface area contributed by atoms with E-state index in [1.165, 1.54) is 17.0 Å². The van der Waals surface area contributed by atoms with Crippen LogP contribution in [0.15, 0.2) is 53.5 Å². The van der Waals surface area contributed by atoms with E-state index in [-0.39, 0.29) is 17.9 Å². The summed E-state index contributed by atoms with van der Waals surface area (Å²) in [4.78, 5) is 32.0. The zero-order valence-corrected chi connectivity index (χ0v) is 16.9. The number of rotatable bonds is 4. The number of hydrogen-bond donors (Lipinski definition) is 1. The molecule has 1 spiro atoms. The van der Waals surface area contributed by atoms with E-state index in [0.717, 1.165) is 25.0 Å². The number of nitriles is 1. The average Bonchev–Trinajstić information content (AvgIpc) is 3.34. The van der Waals surface area contributed by atoms with Gasteiger partial charge in [0.1, 0.15) is 17.9 Å². The van der Waals surface area contributed by atoms with Crippen LogP contribution in [-0.2, 0) is 15.8 Å². The lowest BCUT2D eigenvalue weighted by atomic mass is 10.1. The van der Waals surface area contributed by atoms with Crippen molar-refractivity contribution in [3.63, 3.8) is 0 Å². The Balaban J connectivity index is 1.55. The molecule has 6 nitrogen and oxygen atoms in total. The lowest BCUT2D eigenvalue weighted by Crippen LogP contribution is -2.48. The lowest BCUT2D eigenvalue weighted by molar-refractivity contribution is -0.137. The number of carbonyl (C=O) groups is 2. The van der Waals surface area contributed by atoms with Crippen LogP contribution in [0.2, 0.25) is 0 Å². The van der Waals surface area contributed by atoms with Crippen molar-refractivity contribution in [3.05, 3.63) is 65.2 Å². The molecule has 1 heterocycles. The monoisotopic (exact) mass is 440 g/mol. The van der Waals surface area contributed by atoms with Crippen LogP contribution in [0.4, 0.5) is 18.9 Å². The molecular formula is C23H19F3N4O2. The number of carbonyl (C=O) groups excluding carboxylic acids is 2. The second kappa shape index (κ2) is 8.11. The van der Waals surface area contributed by atoms with Crippen LogP contribution in [0.25, 0.3) is 0 Å². The van der Waals surface area contributed by atoms with Gasteiger partial charge in [0, 0.05) is 11.3 Å². The molecule has 0 unspecified atom stereocenters. The average molecular weight is 440 g/mol. The number of hydrogen-bond acceptors (Lipinski definition) is 4. The first-order chi connectivity index (χ1) is 15.2. The molecule has 2 aromatic carbocycles. The van der Waals surface area contributed by atoms with Gasteiger partial charge < -0.3 is 10.2 Å². The van der Waals surface area contributed by atoms with Crippen molar-refractivity contribution >= 4 is 23.2 Å². The fourth-order valence-corrected chi connectivity index (χ4v) is 4.18. The summed E-state index contributed by atoms with van der Waals surface area (Å²) in [5, 5.41) is 11.4. The van der Waals surface area contributed by atoms with Gasteiger partial charge in [-0.3, -0.25) is 14.6 Å². The minimum atomic E-state index is -4.52. The highest BCUT2D eigenvalue weighted by atomic mass is 19.4. The predicted octanol–water partition coefficient (Wildman–Crippen LogP) is 4.12. The van der Waals surface area contributed by atoms with Crippen molar-refractivity contribution in [3.8, 4) is 6.07 Å². The Labute approximate surface area is 182 Å². The van der Waals surface area contributed by atoms with Gasteiger partial charge in [-0.05, 0) is 56.0 Å². The van der Waals surface area contributed by atoms with E-state index in [9.17, 15) is 22.8 Å². The Hall–Kier alpha value is -3.67. The Morgan fingerprint density at radius 1 is 1.16 bits per heavy atom. The number of anilines is 1. The van der Waals surface area contributed by atoms with Crippen molar-refractivity contribution in [1.82, 2.24) is 4.90 Å². The van der Waals surface area contributed by atoms with E-state index >= 15 is 0 Å². The number of nitrogens with zero attached hydrogens (tertiary/aromatic N) is 3. The Morgan fingerprint density at radius 3 is 2.47 bits per heavy atom. The highest BCUT2D eigenvalue weighted by molar-refractivity contribution is 6.47.